The van der Waals surface area contributed by atoms with Crippen LogP contribution in [0.3, 0.4) is 0 Å². The highest BCUT2D eigenvalue weighted by Gasteiger charge is 2.18. The van der Waals surface area contributed by atoms with Crippen LogP contribution in [0.2, 0.25) is 0 Å². The number of piperidine rings is 1. The molecule has 0 aromatic carbocycles. The molecule has 20 heavy (non-hydrogen) atoms. The number of likely N-dealkylation sites (N-methyl/N-ethyl adjacent to an activating group) is 1. The number of halogens is 1. The van der Waals surface area contributed by atoms with Gasteiger partial charge in [-0.1, -0.05) is 13.8 Å². The van der Waals surface area contributed by atoms with Gasteiger partial charge in [0.25, 0.3) is 0 Å². The number of hydrogen-bond donors (Lipinski definition) is 1. The van der Waals surface area contributed by atoms with E-state index >= 15 is 0 Å². The lowest BCUT2D eigenvalue weighted by molar-refractivity contribution is 0.249. The molecule has 1 aliphatic rings. The van der Waals surface area contributed by atoms with Gasteiger partial charge in [-0.3, -0.25) is 4.99 Å². The fourth-order valence-corrected chi connectivity index (χ4v) is 2.43. The second-order valence-corrected chi connectivity index (χ2v) is 5.88. The van der Waals surface area contributed by atoms with Crippen LogP contribution in [0.5, 0.6) is 0 Å². The van der Waals surface area contributed by atoms with Gasteiger partial charge in [0.15, 0.2) is 5.96 Å². The fourth-order valence-electron chi connectivity index (χ4n) is 2.43. The van der Waals surface area contributed by atoms with Crippen molar-refractivity contribution in [2.24, 2.45) is 10.9 Å². The van der Waals surface area contributed by atoms with Gasteiger partial charge >= 0.3 is 0 Å². The zero-order valence-electron chi connectivity index (χ0n) is 13.9. The molecule has 1 saturated heterocycles. The van der Waals surface area contributed by atoms with E-state index in [-0.39, 0.29) is 24.0 Å². The summed E-state index contributed by atoms with van der Waals surface area (Å²) in [7, 11) is 4.08. The molecule has 5 heteroatoms. The SMILES string of the molecule is CCC(C)N(C)CCNC(=NC)N1CCC(C)CC1.I. The lowest BCUT2D eigenvalue weighted by Gasteiger charge is -2.33. The summed E-state index contributed by atoms with van der Waals surface area (Å²) >= 11 is 0. The summed E-state index contributed by atoms with van der Waals surface area (Å²) in [4.78, 5) is 9.21. The maximum atomic E-state index is 4.41. The first-order valence-corrected chi connectivity index (χ1v) is 7.74. The molecule has 1 unspecified atom stereocenters. The Hall–Kier alpha value is -0.0400. The van der Waals surface area contributed by atoms with Gasteiger partial charge in [-0.25, -0.2) is 0 Å². The summed E-state index contributed by atoms with van der Waals surface area (Å²) in [5.41, 5.74) is 0. The van der Waals surface area contributed by atoms with Crippen LogP contribution in [0.25, 0.3) is 0 Å². The molecule has 0 saturated carbocycles. The van der Waals surface area contributed by atoms with Crippen LogP contribution in [-0.2, 0) is 0 Å². The smallest absolute Gasteiger partial charge is 0.193 e. The van der Waals surface area contributed by atoms with Crippen LogP contribution in [0.15, 0.2) is 4.99 Å². The van der Waals surface area contributed by atoms with Gasteiger partial charge in [0, 0.05) is 39.3 Å². The van der Waals surface area contributed by atoms with Crippen molar-refractivity contribution in [1.29, 1.82) is 0 Å². The second kappa shape index (κ2) is 10.7. The number of nitrogens with one attached hydrogen (secondary N) is 1. The van der Waals surface area contributed by atoms with E-state index in [0.717, 1.165) is 38.1 Å². The van der Waals surface area contributed by atoms with Crippen LogP contribution >= 0.6 is 24.0 Å². The Bertz CT molecular complexity index is 275. The Morgan fingerprint density at radius 1 is 1.40 bits per heavy atom. The van der Waals surface area contributed by atoms with Gasteiger partial charge in [0.2, 0.25) is 0 Å². The molecule has 0 aromatic rings. The van der Waals surface area contributed by atoms with E-state index in [0.29, 0.717) is 6.04 Å². The summed E-state index contributed by atoms with van der Waals surface area (Å²) in [6.07, 6.45) is 3.77. The summed E-state index contributed by atoms with van der Waals surface area (Å²) < 4.78 is 0. The van der Waals surface area contributed by atoms with Crippen molar-refractivity contribution in [3.8, 4) is 0 Å². The molecule has 0 amide bonds. The first kappa shape index (κ1) is 20.0. The normalized spacial score (nSPS) is 18.9. The lowest BCUT2D eigenvalue weighted by atomic mass is 10.00. The number of hydrogen-bond acceptors (Lipinski definition) is 2. The van der Waals surface area contributed by atoms with E-state index < -0.39 is 0 Å². The second-order valence-electron chi connectivity index (χ2n) is 5.88. The average Bonchev–Trinajstić information content (AvgIpc) is 2.43. The Labute approximate surface area is 142 Å². The van der Waals surface area contributed by atoms with Gasteiger partial charge in [-0.2, -0.15) is 0 Å². The Kier molecular flexibility index (Phi) is 10.6. The molecule has 1 N–H and O–H groups in total. The molecule has 0 aliphatic carbocycles. The molecule has 0 aromatic heterocycles. The zero-order valence-corrected chi connectivity index (χ0v) is 16.2. The maximum absolute atomic E-state index is 4.41. The number of aliphatic imine (C=N–C) groups is 1. The molecule has 4 nitrogen and oxygen atoms in total. The third kappa shape index (κ3) is 6.61. The van der Waals surface area contributed by atoms with E-state index in [1.54, 1.807) is 0 Å². The molecular weight excluding hydrogens is 363 g/mol. The van der Waals surface area contributed by atoms with Crippen LogP contribution in [0.4, 0.5) is 0 Å². The quantitative estimate of drug-likeness (QED) is 0.441. The molecule has 1 aliphatic heterocycles. The summed E-state index contributed by atoms with van der Waals surface area (Å²) in [5.74, 6) is 1.94. The van der Waals surface area contributed by atoms with E-state index in [4.69, 9.17) is 0 Å². The van der Waals surface area contributed by atoms with Crippen LogP contribution in [-0.4, -0.2) is 62.1 Å². The van der Waals surface area contributed by atoms with Crippen molar-refractivity contribution >= 4 is 29.9 Å². The van der Waals surface area contributed by atoms with Gasteiger partial charge in [0.05, 0.1) is 0 Å². The predicted octanol–water partition coefficient (Wildman–Crippen LogP) is 2.64. The van der Waals surface area contributed by atoms with Crippen LogP contribution in [0.1, 0.15) is 40.0 Å². The molecule has 0 bridgehead atoms. The van der Waals surface area contributed by atoms with Gasteiger partial charge in [-0.05, 0) is 39.2 Å². The predicted molar refractivity (Wildman–Crippen MR) is 99.1 cm³/mol. The van der Waals surface area contributed by atoms with Crippen molar-refractivity contribution in [2.45, 2.75) is 46.1 Å². The lowest BCUT2D eigenvalue weighted by Crippen LogP contribution is -2.47. The highest BCUT2D eigenvalue weighted by atomic mass is 127. The molecule has 1 heterocycles. The van der Waals surface area contributed by atoms with Crippen molar-refractivity contribution in [3.63, 3.8) is 0 Å². The van der Waals surface area contributed by atoms with E-state index in [1.807, 2.05) is 7.05 Å². The van der Waals surface area contributed by atoms with Crippen molar-refractivity contribution in [1.82, 2.24) is 15.1 Å². The number of rotatable bonds is 5. The van der Waals surface area contributed by atoms with Gasteiger partial charge < -0.3 is 15.1 Å². The standard InChI is InChI=1S/C15H32N4.HI/c1-6-14(3)18(5)12-9-17-15(16-4)19-10-7-13(2)8-11-19;/h13-14H,6-12H2,1-5H3,(H,16,17);1H. The van der Waals surface area contributed by atoms with E-state index in [9.17, 15) is 0 Å². The monoisotopic (exact) mass is 396 g/mol. The maximum Gasteiger partial charge on any atom is 0.193 e. The Balaban J connectivity index is 0.00000361. The highest BCUT2D eigenvalue weighted by Crippen LogP contribution is 2.15. The molecule has 0 radical (unpaired) electrons. The molecule has 120 valence electrons. The number of likely N-dealkylation sites (tertiary alicyclic amines) is 1. The van der Waals surface area contributed by atoms with Gasteiger partial charge in [-0.15, -0.1) is 24.0 Å². The average molecular weight is 396 g/mol. The topological polar surface area (TPSA) is 30.9 Å². The minimum Gasteiger partial charge on any atom is -0.355 e. The number of guanidine groups is 1. The van der Waals surface area contributed by atoms with Crippen molar-refractivity contribution in [3.05, 3.63) is 0 Å². The summed E-state index contributed by atoms with van der Waals surface area (Å²) in [5, 5.41) is 3.50. The molecule has 1 rings (SSSR count). The van der Waals surface area contributed by atoms with E-state index in [2.05, 4.69) is 47.9 Å². The van der Waals surface area contributed by atoms with Crippen LogP contribution in [0, 0.1) is 5.92 Å². The van der Waals surface area contributed by atoms with Crippen molar-refractivity contribution < 1.29 is 0 Å². The fraction of sp³-hybridized carbons (Fsp3) is 0.933. The Morgan fingerprint density at radius 3 is 2.50 bits per heavy atom. The third-order valence-corrected chi connectivity index (χ3v) is 4.39. The molecule has 1 fully saturated rings. The van der Waals surface area contributed by atoms with E-state index in [1.165, 1.54) is 19.3 Å². The highest BCUT2D eigenvalue weighted by molar-refractivity contribution is 14.0. The minimum absolute atomic E-state index is 0. The first-order chi connectivity index (χ1) is 9.08. The summed E-state index contributed by atoms with van der Waals surface area (Å²) in [6.45, 7) is 11.2. The molecule has 0 spiro atoms. The Morgan fingerprint density at radius 2 is 2.00 bits per heavy atom. The summed E-state index contributed by atoms with van der Waals surface area (Å²) in [6, 6.07) is 0.652. The third-order valence-electron chi connectivity index (χ3n) is 4.39. The molecular formula is C15H33IN4. The van der Waals surface area contributed by atoms with Crippen molar-refractivity contribution in [2.75, 3.05) is 40.3 Å². The zero-order chi connectivity index (χ0) is 14.3. The van der Waals surface area contributed by atoms with Gasteiger partial charge in [0.1, 0.15) is 0 Å². The minimum atomic E-state index is 0. The van der Waals surface area contributed by atoms with Crippen LogP contribution < -0.4 is 5.32 Å². The number of nitrogens with zero attached hydrogens (tertiary/aromatic N) is 3. The largest absolute Gasteiger partial charge is 0.355 e. The molecule has 1 atom stereocenters. The first-order valence-electron chi connectivity index (χ1n) is 7.74.